The monoisotopic (exact) mass is 447 g/mol. The van der Waals surface area contributed by atoms with E-state index < -0.39 is 11.2 Å². The van der Waals surface area contributed by atoms with Crippen LogP contribution < -0.4 is 10.6 Å². The molecule has 0 saturated carbocycles. The lowest BCUT2D eigenvalue weighted by Gasteiger charge is -2.38. The van der Waals surface area contributed by atoms with Crippen LogP contribution in [0.5, 0.6) is 0 Å². The first-order valence-electron chi connectivity index (χ1n) is 9.21. The van der Waals surface area contributed by atoms with Crippen molar-refractivity contribution in [3.8, 4) is 0 Å². The number of halogens is 2. The zero-order valence-corrected chi connectivity index (χ0v) is 17.3. The fourth-order valence-corrected chi connectivity index (χ4v) is 3.54. The molecule has 2 aromatic carbocycles. The highest BCUT2D eigenvalue weighted by Gasteiger charge is 2.38. The van der Waals surface area contributed by atoms with Crippen LogP contribution in [-0.2, 0) is 11.3 Å². The van der Waals surface area contributed by atoms with Crippen LogP contribution >= 0.6 is 15.9 Å². The summed E-state index contributed by atoms with van der Waals surface area (Å²) >= 11 is 3.19. The van der Waals surface area contributed by atoms with E-state index in [4.69, 9.17) is 0 Å². The smallest absolute Gasteiger partial charge is 0.321 e. The Hall–Kier alpha value is -2.41. The van der Waals surface area contributed by atoms with E-state index in [0.29, 0.717) is 36.9 Å². The van der Waals surface area contributed by atoms with E-state index in [0.717, 1.165) is 5.56 Å². The third-order valence-corrected chi connectivity index (χ3v) is 5.66. The molecule has 148 valence electrons. The van der Waals surface area contributed by atoms with Crippen molar-refractivity contribution in [3.63, 3.8) is 0 Å². The van der Waals surface area contributed by atoms with Crippen LogP contribution in [0, 0.1) is 11.2 Å². The van der Waals surface area contributed by atoms with Gasteiger partial charge >= 0.3 is 6.03 Å². The molecule has 0 atom stereocenters. The van der Waals surface area contributed by atoms with Gasteiger partial charge in [0.1, 0.15) is 5.82 Å². The average molecular weight is 448 g/mol. The van der Waals surface area contributed by atoms with Crippen LogP contribution in [0.15, 0.2) is 53.0 Å². The summed E-state index contributed by atoms with van der Waals surface area (Å²) in [6.45, 7) is 3.30. The highest BCUT2D eigenvalue weighted by Crippen LogP contribution is 2.31. The van der Waals surface area contributed by atoms with E-state index in [1.165, 1.54) is 12.1 Å². The average Bonchev–Trinajstić information content (AvgIpc) is 2.69. The Kier molecular flexibility index (Phi) is 6.34. The summed E-state index contributed by atoms with van der Waals surface area (Å²) < 4.78 is 14.5. The van der Waals surface area contributed by atoms with Gasteiger partial charge in [0.2, 0.25) is 5.91 Å². The summed E-state index contributed by atoms with van der Waals surface area (Å²) in [6, 6.07) is 13.9. The molecule has 1 aliphatic rings. The third-order valence-electron chi connectivity index (χ3n) is 5.17. The molecule has 5 nitrogen and oxygen atoms in total. The predicted octanol–water partition coefficient (Wildman–Crippen LogP) is 4.54. The molecule has 1 saturated heterocycles. The van der Waals surface area contributed by atoms with Gasteiger partial charge in [0.05, 0.1) is 5.69 Å². The lowest BCUT2D eigenvalue weighted by Crippen LogP contribution is -2.49. The van der Waals surface area contributed by atoms with E-state index in [1.54, 1.807) is 11.0 Å². The van der Waals surface area contributed by atoms with Gasteiger partial charge in [0.25, 0.3) is 0 Å². The molecule has 0 radical (unpaired) electrons. The Morgan fingerprint density at radius 1 is 1.14 bits per heavy atom. The number of hydrogen-bond donors (Lipinski definition) is 2. The van der Waals surface area contributed by atoms with Gasteiger partial charge in [-0.3, -0.25) is 4.79 Å². The summed E-state index contributed by atoms with van der Waals surface area (Å²) in [5.41, 5.74) is 0.670. The molecule has 1 aliphatic heterocycles. The molecule has 3 rings (SSSR count). The van der Waals surface area contributed by atoms with Crippen LogP contribution in [0.2, 0.25) is 0 Å². The topological polar surface area (TPSA) is 61.4 Å². The second-order valence-corrected chi connectivity index (χ2v) is 8.19. The van der Waals surface area contributed by atoms with Crippen molar-refractivity contribution in [2.24, 2.45) is 5.41 Å². The van der Waals surface area contributed by atoms with Crippen LogP contribution in [0.4, 0.5) is 14.9 Å². The first-order chi connectivity index (χ1) is 13.4. The van der Waals surface area contributed by atoms with Crippen molar-refractivity contribution in [3.05, 3.63) is 64.4 Å². The van der Waals surface area contributed by atoms with Gasteiger partial charge < -0.3 is 15.5 Å². The van der Waals surface area contributed by atoms with Gasteiger partial charge in [-0.15, -0.1) is 0 Å². The molecule has 0 bridgehead atoms. The number of carbonyl (C=O) groups excluding carboxylic acids is 2. The minimum absolute atomic E-state index is 0.00429. The van der Waals surface area contributed by atoms with Crippen molar-refractivity contribution in [1.29, 1.82) is 0 Å². The van der Waals surface area contributed by atoms with Gasteiger partial charge in [-0.2, -0.15) is 0 Å². The third kappa shape index (κ3) is 4.90. The lowest BCUT2D eigenvalue weighted by atomic mass is 9.79. The second kappa shape index (κ2) is 8.73. The Balaban J connectivity index is 1.52. The number of nitrogens with one attached hydrogen (secondary N) is 2. The number of amides is 3. The van der Waals surface area contributed by atoms with Crippen LogP contribution in [0.3, 0.4) is 0 Å². The molecule has 1 fully saturated rings. The van der Waals surface area contributed by atoms with E-state index in [1.807, 2.05) is 37.3 Å². The minimum atomic E-state index is -0.519. The maximum Gasteiger partial charge on any atom is 0.321 e. The van der Waals surface area contributed by atoms with E-state index >= 15 is 0 Å². The summed E-state index contributed by atoms with van der Waals surface area (Å²) in [7, 11) is 0. The van der Waals surface area contributed by atoms with E-state index in [-0.39, 0.29) is 17.6 Å². The summed E-state index contributed by atoms with van der Waals surface area (Å²) in [6.07, 6.45) is 1.12. The number of carbonyl (C=O) groups is 2. The minimum Gasteiger partial charge on any atom is -0.352 e. The molecule has 0 spiro atoms. The largest absolute Gasteiger partial charge is 0.352 e. The zero-order chi connectivity index (χ0) is 20.1. The molecule has 2 N–H and O–H groups in total. The van der Waals surface area contributed by atoms with Crippen molar-refractivity contribution in [1.82, 2.24) is 10.2 Å². The molecule has 0 unspecified atom stereocenters. The molecular weight excluding hydrogens is 425 g/mol. The molecule has 28 heavy (non-hydrogen) atoms. The van der Waals surface area contributed by atoms with Crippen molar-refractivity contribution in [2.45, 2.75) is 26.3 Å². The standard InChI is InChI=1S/C21H23BrFN3O2/c1-21(19(27)24-14-15-5-3-2-4-6-15)9-11-26(12-10-21)20(28)25-18-8-7-16(22)13-17(18)23/h2-8,13H,9-12,14H2,1H3,(H,24,27)(H,25,28). The Morgan fingerprint density at radius 3 is 2.46 bits per heavy atom. The molecule has 0 aliphatic carbocycles. The quantitative estimate of drug-likeness (QED) is 0.722. The number of urea groups is 1. The van der Waals surface area contributed by atoms with Gasteiger partial charge in [0, 0.05) is 29.5 Å². The van der Waals surface area contributed by atoms with Crippen LogP contribution in [0.1, 0.15) is 25.3 Å². The zero-order valence-electron chi connectivity index (χ0n) is 15.7. The van der Waals surface area contributed by atoms with Crippen LogP contribution in [-0.4, -0.2) is 29.9 Å². The van der Waals surface area contributed by atoms with Crippen LogP contribution in [0.25, 0.3) is 0 Å². The highest BCUT2D eigenvalue weighted by molar-refractivity contribution is 9.10. The summed E-state index contributed by atoms with van der Waals surface area (Å²) in [5.74, 6) is -0.500. The SMILES string of the molecule is CC1(C(=O)NCc2ccccc2)CCN(C(=O)Nc2ccc(Br)cc2F)CC1. The highest BCUT2D eigenvalue weighted by atomic mass is 79.9. The fourth-order valence-electron chi connectivity index (χ4n) is 3.21. The number of benzene rings is 2. The number of anilines is 1. The van der Waals surface area contributed by atoms with Gasteiger partial charge in [-0.25, -0.2) is 9.18 Å². The first-order valence-corrected chi connectivity index (χ1v) is 10.00. The Bertz CT molecular complexity index is 852. The predicted molar refractivity (Wildman–Crippen MR) is 110 cm³/mol. The number of hydrogen-bond acceptors (Lipinski definition) is 2. The molecular formula is C21H23BrFN3O2. The lowest BCUT2D eigenvalue weighted by molar-refractivity contribution is -0.132. The number of nitrogens with zero attached hydrogens (tertiary/aromatic N) is 1. The second-order valence-electron chi connectivity index (χ2n) is 7.27. The Morgan fingerprint density at radius 2 is 1.82 bits per heavy atom. The van der Waals surface area contributed by atoms with E-state index in [9.17, 15) is 14.0 Å². The molecule has 3 amide bonds. The first kappa shape index (κ1) is 20.3. The normalized spacial score (nSPS) is 15.8. The van der Waals surface area contributed by atoms with Gasteiger partial charge in [-0.1, -0.05) is 53.2 Å². The maximum atomic E-state index is 13.9. The molecule has 0 aromatic heterocycles. The van der Waals surface area contributed by atoms with Crippen molar-refractivity contribution in [2.75, 3.05) is 18.4 Å². The summed E-state index contributed by atoms with van der Waals surface area (Å²) in [4.78, 5) is 26.7. The molecule has 7 heteroatoms. The number of likely N-dealkylation sites (tertiary alicyclic amines) is 1. The Labute approximate surface area is 172 Å². The maximum absolute atomic E-state index is 13.9. The number of rotatable bonds is 4. The molecule has 1 heterocycles. The van der Waals surface area contributed by atoms with Crippen molar-refractivity contribution < 1.29 is 14.0 Å². The van der Waals surface area contributed by atoms with E-state index in [2.05, 4.69) is 26.6 Å². The number of piperidine rings is 1. The van der Waals surface area contributed by atoms with Gasteiger partial charge in [-0.05, 0) is 36.6 Å². The van der Waals surface area contributed by atoms with Gasteiger partial charge in [0.15, 0.2) is 0 Å². The molecule has 2 aromatic rings. The summed E-state index contributed by atoms with van der Waals surface area (Å²) in [5, 5.41) is 5.59. The van der Waals surface area contributed by atoms with Crippen molar-refractivity contribution >= 4 is 33.6 Å². The fraction of sp³-hybridized carbons (Fsp3) is 0.333.